The van der Waals surface area contributed by atoms with Crippen LogP contribution in [0.15, 0.2) is 29.9 Å². The Bertz CT molecular complexity index is 145. The van der Waals surface area contributed by atoms with Gasteiger partial charge in [-0.1, -0.05) is 27.0 Å². The molecule has 0 aliphatic carbocycles. The van der Waals surface area contributed by atoms with E-state index in [2.05, 4.69) is 32.0 Å². The SMILES string of the molecule is C=CN=CC(=C)C(C)CC. The fourth-order valence-corrected chi connectivity index (χ4v) is 0.538. The standard InChI is InChI=1S/C9H15N/c1-5-8(3)9(4)7-10-6-2/h6-8H,2,4-5H2,1,3H3. The number of rotatable bonds is 4. The molecular formula is C9H15N. The Labute approximate surface area is 63.2 Å². The molecule has 0 aromatic carbocycles. The molecule has 0 aromatic heterocycles. The molecule has 0 fully saturated rings. The van der Waals surface area contributed by atoms with Crippen molar-refractivity contribution in [2.45, 2.75) is 20.3 Å². The van der Waals surface area contributed by atoms with Crippen LogP contribution >= 0.6 is 0 Å². The van der Waals surface area contributed by atoms with Crippen molar-refractivity contribution in [1.82, 2.24) is 0 Å². The highest BCUT2D eigenvalue weighted by Gasteiger charge is 1.98. The second-order valence-corrected chi connectivity index (χ2v) is 2.34. The smallest absolute Gasteiger partial charge is 0.0296 e. The molecule has 0 bridgehead atoms. The quantitative estimate of drug-likeness (QED) is 0.528. The molecule has 1 nitrogen and oxygen atoms in total. The Hall–Kier alpha value is -0.850. The lowest BCUT2D eigenvalue weighted by Crippen LogP contribution is -1.96. The summed E-state index contributed by atoms with van der Waals surface area (Å²) in [7, 11) is 0. The van der Waals surface area contributed by atoms with Gasteiger partial charge >= 0.3 is 0 Å². The maximum Gasteiger partial charge on any atom is 0.0296 e. The Balaban J connectivity index is 3.83. The monoisotopic (exact) mass is 137 g/mol. The van der Waals surface area contributed by atoms with E-state index in [9.17, 15) is 0 Å². The predicted molar refractivity (Wildman–Crippen MR) is 47.3 cm³/mol. The molecule has 1 atom stereocenters. The fraction of sp³-hybridized carbons (Fsp3) is 0.444. The average molecular weight is 137 g/mol. The van der Waals surface area contributed by atoms with Crippen molar-refractivity contribution in [3.63, 3.8) is 0 Å². The summed E-state index contributed by atoms with van der Waals surface area (Å²) in [5.41, 5.74) is 1.07. The van der Waals surface area contributed by atoms with Crippen LogP contribution in [0.4, 0.5) is 0 Å². The van der Waals surface area contributed by atoms with E-state index in [0.29, 0.717) is 5.92 Å². The van der Waals surface area contributed by atoms with Gasteiger partial charge in [-0.05, 0) is 17.9 Å². The molecule has 0 spiro atoms. The van der Waals surface area contributed by atoms with E-state index < -0.39 is 0 Å². The van der Waals surface area contributed by atoms with E-state index >= 15 is 0 Å². The van der Waals surface area contributed by atoms with Crippen LogP contribution in [-0.4, -0.2) is 6.21 Å². The molecule has 10 heavy (non-hydrogen) atoms. The van der Waals surface area contributed by atoms with Crippen molar-refractivity contribution in [3.05, 3.63) is 24.9 Å². The summed E-state index contributed by atoms with van der Waals surface area (Å²) in [5, 5.41) is 0. The minimum absolute atomic E-state index is 0.531. The molecule has 0 aliphatic heterocycles. The maximum atomic E-state index is 3.88. The van der Waals surface area contributed by atoms with Gasteiger partial charge in [-0.25, -0.2) is 0 Å². The van der Waals surface area contributed by atoms with Crippen molar-refractivity contribution in [1.29, 1.82) is 0 Å². The van der Waals surface area contributed by atoms with Gasteiger partial charge in [-0.3, -0.25) is 4.99 Å². The number of nitrogens with zero attached hydrogens (tertiary/aromatic N) is 1. The Morgan fingerprint density at radius 3 is 2.70 bits per heavy atom. The summed E-state index contributed by atoms with van der Waals surface area (Å²) in [6.07, 6.45) is 4.40. The molecule has 0 amide bonds. The second-order valence-electron chi connectivity index (χ2n) is 2.34. The van der Waals surface area contributed by atoms with E-state index in [1.807, 2.05) is 0 Å². The van der Waals surface area contributed by atoms with Crippen LogP contribution in [0.1, 0.15) is 20.3 Å². The first-order chi connectivity index (χ1) is 4.72. The van der Waals surface area contributed by atoms with Gasteiger partial charge in [0.1, 0.15) is 0 Å². The molecule has 0 N–H and O–H groups in total. The van der Waals surface area contributed by atoms with Crippen molar-refractivity contribution in [2.75, 3.05) is 0 Å². The van der Waals surface area contributed by atoms with Crippen LogP contribution in [0.5, 0.6) is 0 Å². The van der Waals surface area contributed by atoms with Gasteiger partial charge in [0.25, 0.3) is 0 Å². The van der Waals surface area contributed by atoms with Gasteiger partial charge in [-0.2, -0.15) is 0 Å². The van der Waals surface area contributed by atoms with Crippen LogP contribution in [0, 0.1) is 5.92 Å². The van der Waals surface area contributed by atoms with Gasteiger partial charge < -0.3 is 0 Å². The molecule has 56 valence electrons. The molecule has 1 unspecified atom stereocenters. The minimum Gasteiger partial charge on any atom is -0.265 e. The Morgan fingerprint density at radius 1 is 1.70 bits per heavy atom. The van der Waals surface area contributed by atoms with Gasteiger partial charge in [0.05, 0.1) is 0 Å². The van der Waals surface area contributed by atoms with Crippen LogP contribution in [-0.2, 0) is 0 Å². The van der Waals surface area contributed by atoms with Crippen LogP contribution in [0.25, 0.3) is 0 Å². The maximum absolute atomic E-state index is 3.88. The number of aliphatic imine (C=N–C) groups is 1. The molecular weight excluding hydrogens is 122 g/mol. The van der Waals surface area contributed by atoms with Gasteiger partial charge in [0.2, 0.25) is 0 Å². The first-order valence-corrected chi connectivity index (χ1v) is 3.55. The lowest BCUT2D eigenvalue weighted by Gasteiger charge is -2.05. The van der Waals surface area contributed by atoms with E-state index in [0.717, 1.165) is 12.0 Å². The minimum atomic E-state index is 0.531. The zero-order chi connectivity index (χ0) is 7.98. The van der Waals surface area contributed by atoms with Crippen molar-refractivity contribution >= 4 is 6.21 Å². The molecule has 0 saturated heterocycles. The number of hydrogen-bond acceptors (Lipinski definition) is 1. The first kappa shape index (κ1) is 9.15. The van der Waals surface area contributed by atoms with Crippen molar-refractivity contribution in [3.8, 4) is 0 Å². The normalized spacial score (nSPS) is 13.4. The van der Waals surface area contributed by atoms with Crippen LogP contribution in [0.3, 0.4) is 0 Å². The molecule has 0 rings (SSSR count). The summed E-state index contributed by atoms with van der Waals surface area (Å²) in [6.45, 7) is 11.6. The summed E-state index contributed by atoms with van der Waals surface area (Å²) >= 11 is 0. The van der Waals surface area contributed by atoms with Crippen molar-refractivity contribution < 1.29 is 0 Å². The molecule has 0 radical (unpaired) electrons. The van der Waals surface area contributed by atoms with Crippen LogP contribution in [0.2, 0.25) is 0 Å². The summed E-state index contributed by atoms with van der Waals surface area (Å²) in [4.78, 5) is 3.88. The molecule has 0 saturated carbocycles. The zero-order valence-electron chi connectivity index (χ0n) is 6.80. The third-order valence-corrected chi connectivity index (χ3v) is 1.59. The van der Waals surface area contributed by atoms with E-state index in [1.54, 1.807) is 6.21 Å². The van der Waals surface area contributed by atoms with Crippen LogP contribution < -0.4 is 0 Å². The number of allylic oxidation sites excluding steroid dienone is 1. The zero-order valence-corrected chi connectivity index (χ0v) is 6.80. The predicted octanol–water partition coefficient (Wildman–Crippen LogP) is 2.80. The Kier molecular flexibility index (Phi) is 4.55. The topological polar surface area (TPSA) is 12.4 Å². The Morgan fingerprint density at radius 2 is 2.30 bits per heavy atom. The second kappa shape index (κ2) is 4.98. The van der Waals surface area contributed by atoms with Crippen molar-refractivity contribution in [2.24, 2.45) is 10.9 Å². The molecule has 1 heteroatoms. The fourth-order valence-electron chi connectivity index (χ4n) is 0.538. The lowest BCUT2D eigenvalue weighted by atomic mass is 10.0. The van der Waals surface area contributed by atoms with E-state index in [-0.39, 0.29) is 0 Å². The third kappa shape index (κ3) is 3.23. The highest BCUT2D eigenvalue weighted by Crippen LogP contribution is 2.09. The third-order valence-electron chi connectivity index (χ3n) is 1.59. The molecule has 0 aromatic rings. The van der Waals surface area contributed by atoms with E-state index in [4.69, 9.17) is 0 Å². The van der Waals surface area contributed by atoms with Gasteiger partial charge in [0.15, 0.2) is 0 Å². The number of hydrogen-bond donors (Lipinski definition) is 0. The first-order valence-electron chi connectivity index (χ1n) is 3.55. The summed E-state index contributed by atoms with van der Waals surface area (Å²) in [5.74, 6) is 0.531. The highest BCUT2D eigenvalue weighted by molar-refractivity contribution is 5.78. The largest absolute Gasteiger partial charge is 0.265 e. The molecule has 0 aliphatic rings. The summed E-state index contributed by atoms with van der Waals surface area (Å²) < 4.78 is 0. The summed E-state index contributed by atoms with van der Waals surface area (Å²) in [6, 6.07) is 0. The lowest BCUT2D eigenvalue weighted by molar-refractivity contribution is 0.683. The van der Waals surface area contributed by atoms with Gasteiger partial charge in [-0.15, -0.1) is 0 Å². The van der Waals surface area contributed by atoms with Gasteiger partial charge in [0, 0.05) is 12.4 Å². The highest BCUT2D eigenvalue weighted by atomic mass is 14.7. The molecule has 0 heterocycles. The van der Waals surface area contributed by atoms with E-state index in [1.165, 1.54) is 6.20 Å². The average Bonchev–Trinajstić information content (AvgIpc) is 1.98.